The summed E-state index contributed by atoms with van der Waals surface area (Å²) in [6.07, 6.45) is 0.782. The van der Waals surface area contributed by atoms with Crippen molar-refractivity contribution in [3.63, 3.8) is 0 Å². The van der Waals surface area contributed by atoms with Gasteiger partial charge in [0.05, 0.1) is 39.1 Å². The molecule has 0 aromatic heterocycles. The van der Waals surface area contributed by atoms with Crippen molar-refractivity contribution >= 4 is 42.3 Å². The second-order valence-electron chi connectivity index (χ2n) is 13.3. The van der Waals surface area contributed by atoms with E-state index in [1.54, 1.807) is 0 Å². The first-order valence-electron chi connectivity index (χ1n) is 15.0. The Morgan fingerprint density at radius 2 is 1.07 bits per heavy atom. The van der Waals surface area contributed by atoms with Crippen LogP contribution in [-0.2, 0) is 25.9 Å². The summed E-state index contributed by atoms with van der Waals surface area (Å²) in [6.45, 7) is 24.1. The van der Waals surface area contributed by atoms with Crippen molar-refractivity contribution in [3.05, 3.63) is 0 Å². The third-order valence-electron chi connectivity index (χ3n) is 5.65. The van der Waals surface area contributed by atoms with Gasteiger partial charge < -0.3 is 46.4 Å². The van der Waals surface area contributed by atoms with Crippen molar-refractivity contribution in [1.29, 1.82) is 0 Å². The maximum Gasteiger partial charge on any atom is 0.317 e. The topological polar surface area (TPSA) is 140 Å². The Labute approximate surface area is 255 Å². The van der Waals surface area contributed by atoms with Gasteiger partial charge in [-0.05, 0) is 90.4 Å². The number of hydrogen-bond acceptors (Lipinski definition) is 11. The van der Waals surface area contributed by atoms with E-state index >= 15 is 0 Å². The van der Waals surface area contributed by atoms with Gasteiger partial charge in [0.2, 0.25) is 0 Å². The average molecular weight is 678 g/mol. The van der Waals surface area contributed by atoms with Crippen molar-refractivity contribution in [2.24, 2.45) is 0 Å². The molecule has 3 unspecified atom stereocenters. The predicted octanol–water partition coefficient (Wildman–Crippen LogP) is 3.02. The zero-order valence-electron chi connectivity index (χ0n) is 27.7. The Morgan fingerprint density at radius 3 is 1.54 bits per heavy atom. The van der Waals surface area contributed by atoms with Gasteiger partial charge >= 0.3 is 25.7 Å². The number of hydrogen-bond donors (Lipinski definition) is 4. The normalized spacial score (nSPS) is 17.0. The van der Waals surface area contributed by atoms with Crippen molar-refractivity contribution in [1.82, 2.24) is 4.90 Å². The molecule has 41 heavy (non-hydrogen) atoms. The van der Waals surface area contributed by atoms with Gasteiger partial charge in [-0.25, -0.2) is 0 Å². The van der Waals surface area contributed by atoms with Crippen LogP contribution < -0.4 is 0 Å². The fraction of sp³-hybridized carbons (Fsp3) is 1.00. The van der Waals surface area contributed by atoms with Crippen LogP contribution in [0.15, 0.2) is 0 Å². The Bertz CT molecular complexity index is 680. The summed E-state index contributed by atoms with van der Waals surface area (Å²) in [7, 11) is -11.7. The molecule has 0 saturated heterocycles. The van der Waals surface area contributed by atoms with Crippen LogP contribution in [0.2, 0.25) is 77.6 Å². The maximum atomic E-state index is 10.4. The van der Waals surface area contributed by atoms with Crippen LogP contribution in [0, 0.1) is 0 Å². The average Bonchev–Trinajstić information content (AvgIpc) is 2.75. The number of ether oxygens (including phenoxy) is 2. The van der Waals surface area contributed by atoms with E-state index in [0.717, 1.165) is 12.5 Å². The van der Waals surface area contributed by atoms with Crippen LogP contribution >= 0.6 is 0 Å². The highest BCUT2D eigenvalue weighted by Gasteiger charge is 2.48. The predicted molar refractivity (Wildman–Crippen MR) is 176 cm³/mol. The van der Waals surface area contributed by atoms with E-state index in [1.807, 2.05) is 4.90 Å². The molecule has 0 spiro atoms. The van der Waals surface area contributed by atoms with E-state index < -0.39 is 48.4 Å². The van der Waals surface area contributed by atoms with E-state index in [0.29, 0.717) is 51.9 Å². The SMILES string of the molecule is C[Si](C)(C)O[Si](C)(C)O[Si](C)(CCCOCC(O)CN(CCO)CCO)O[Si](C)(CCCOCCO)O[Si](C)(C)C. The quantitative estimate of drug-likeness (QED) is 0.0794. The summed E-state index contributed by atoms with van der Waals surface area (Å²) < 4.78 is 38.6. The highest BCUT2D eigenvalue weighted by atomic mass is 28.5. The molecular formula is C25H63NO10Si5. The van der Waals surface area contributed by atoms with Crippen LogP contribution in [0.1, 0.15) is 12.8 Å². The molecule has 3 atom stereocenters. The molecular weight excluding hydrogens is 615 g/mol. The molecule has 0 aliphatic carbocycles. The van der Waals surface area contributed by atoms with Crippen LogP contribution in [0.25, 0.3) is 0 Å². The van der Waals surface area contributed by atoms with Gasteiger partial charge in [-0.2, -0.15) is 0 Å². The van der Waals surface area contributed by atoms with E-state index in [1.165, 1.54) is 0 Å². The zero-order chi connectivity index (χ0) is 31.8. The molecule has 248 valence electrons. The fourth-order valence-corrected chi connectivity index (χ4v) is 28.7. The van der Waals surface area contributed by atoms with E-state index in [9.17, 15) is 15.3 Å². The molecule has 0 radical (unpaired) electrons. The molecule has 0 aliphatic heterocycles. The molecule has 4 N–H and O–H groups in total. The van der Waals surface area contributed by atoms with Gasteiger partial charge in [0.15, 0.2) is 16.6 Å². The maximum absolute atomic E-state index is 10.4. The molecule has 0 heterocycles. The smallest absolute Gasteiger partial charge is 0.317 e. The van der Waals surface area contributed by atoms with Gasteiger partial charge in [0.25, 0.3) is 0 Å². The lowest BCUT2D eigenvalue weighted by atomic mass is 10.3. The second-order valence-corrected chi connectivity index (χ2v) is 33.4. The second kappa shape index (κ2) is 19.9. The summed E-state index contributed by atoms with van der Waals surface area (Å²) >= 11 is 0. The minimum absolute atomic E-state index is 0.00883. The first kappa shape index (κ1) is 41.6. The molecule has 0 aromatic rings. The van der Waals surface area contributed by atoms with Crippen LogP contribution in [0.3, 0.4) is 0 Å². The number of rotatable bonds is 26. The van der Waals surface area contributed by atoms with Gasteiger partial charge in [-0.1, -0.05) is 0 Å². The number of aliphatic hydroxyl groups excluding tert-OH is 4. The summed E-state index contributed by atoms with van der Waals surface area (Å²) in [5, 5.41) is 37.8. The Morgan fingerprint density at radius 1 is 0.585 bits per heavy atom. The number of nitrogens with zero attached hydrogens (tertiary/aromatic N) is 1. The summed E-state index contributed by atoms with van der Waals surface area (Å²) in [5.41, 5.74) is 0. The third-order valence-corrected chi connectivity index (χ3v) is 23.9. The minimum Gasteiger partial charge on any atom is -0.437 e. The van der Waals surface area contributed by atoms with E-state index in [4.69, 9.17) is 31.0 Å². The minimum atomic E-state index is -2.79. The van der Waals surface area contributed by atoms with Crippen molar-refractivity contribution in [2.75, 3.05) is 65.9 Å². The monoisotopic (exact) mass is 677 g/mol. The molecule has 0 amide bonds. The van der Waals surface area contributed by atoms with Gasteiger partial charge in [-0.15, -0.1) is 0 Å². The Kier molecular flexibility index (Phi) is 20.2. The zero-order valence-corrected chi connectivity index (χ0v) is 32.7. The van der Waals surface area contributed by atoms with Gasteiger partial charge in [0, 0.05) is 32.8 Å². The van der Waals surface area contributed by atoms with Crippen LogP contribution in [-0.4, -0.2) is 140 Å². The highest BCUT2D eigenvalue weighted by Crippen LogP contribution is 2.31. The first-order valence-corrected chi connectivity index (χ1v) is 29.6. The van der Waals surface area contributed by atoms with E-state index in [2.05, 4.69) is 65.5 Å². The van der Waals surface area contributed by atoms with Gasteiger partial charge in [-0.3, -0.25) is 4.90 Å². The largest absolute Gasteiger partial charge is 0.437 e. The Hall–Kier alpha value is 0.644. The van der Waals surface area contributed by atoms with E-state index in [-0.39, 0.29) is 26.4 Å². The fourth-order valence-electron chi connectivity index (χ4n) is 4.93. The molecule has 0 aliphatic rings. The standard InChI is InChI=1S/C25H63NO10Si5/c1-37(2,3)33-39(7,8)35-41(10,22-12-19-32-24-25(30)23-26(13-15-27)14-16-28)36-40(9,34-38(4,5)6)21-11-18-31-20-17-29/h25,27-30H,11-24H2,1-10H3. The molecule has 0 fully saturated rings. The molecule has 0 bridgehead atoms. The third kappa shape index (κ3) is 22.8. The van der Waals surface area contributed by atoms with Crippen molar-refractivity contribution in [2.45, 2.75) is 96.5 Å². The van der Waals surface area contributed by atoms with Gasteiger partial charge in [0.1, 0.15) is 0 Å². The van der Waals surface area contributed by atoms with Crippen LogP contribution in [0.4, 0.5) is 0 Å². The molecule has 0 rings (SSSR count). The lowest BCUT2D eigenvalue weighted by Crippen LogP contribution is -2.60. The Balaban J connectivity index is 5.50. The summed E-state index contributed by atoms with van der Waals surface area (Å²) in [4.78, 5) is 1.81. The lowest BCUT2D eigenvalue weighted by Gasteiger charge is -2.44. The van der Waals surface area contributed by atoms with Crippen LogP contribution in [0.5, 0.6) is 0 Å². The lowest BCUT2D eigenvalue weighted by molar-refractivity contribution is 0.0113. The molecule has 16 heteroatoms. The number of aliphatic hydroxyl groups is 4. The first-order chi connectivity index (χ1) is 18.8. The molecule has 0 saturated carbocycles. The highest BCUT2D eigenvalue weighted by molar-refractivity contribution is 6.90. The summed E-state index contributed by atoms with van der Waals surface area (Å²) in [6, 6.07) is 1.47. The summed E-state index contributed by atoms with van der Waals surface area (Å²) in [5.74, 6) is 0. The van der Waals surface area contributed by atoms with Crippen molar-refractivity contribution < 1.29 is 46.4 Å². The molecule has 11 nitrogen and oxygen atoms in total. The van der Waals surface area contributed by atoms with Crippen molar-refractivity contribution in [3.8, 4) is 0 Å². The molecule has 0 aromatic carbocycles.